The fourth-order valence-electron chi connectivity index (χ4n) is 1.75. The Morgan fingerprint density at radius 1 is 1.33 bits per heavy atom. The minimum absolute atomic E-state index is 0.283. The molecule has 1 unspecified atom stereocenters. The number of halogens is 2. The molecule has 0 saturated heterocycles. The van der Waals surface area contributed by atoms with Crippen LogP contribution in [0.4, 0.5) is 8.78 Å². The van der Waals surface area contributed by atoms with Crippen molar-refractivity contribution >= 4 is 11.5 Å². The van der Waals surface area contributed by atoms with E-state index in [1.165, 1.54) is 11.5 Å². The van der Waals surface area contributed by atoms with Crippen LogP contribution >= 0.6 is 11.5 Å². The van der Waals surface area contributed by atoms with Crippen LogP contribution in [0.5, 0.6) is 0 Å². The molecule has 0 bridgehead atoms. The van der Waals surface area contributed by atoms with E-state index in [2.05, 4.69) is 14.9 Å². The quantitative estimate of drug-likeness (QED) is 0.927. The minimum atomic E-state index is -0.811. The molecule has 1 aromatic heterocycles. The maximum atomic E-state index is 14.0. The Morgan fingerprint density at radius 3 is 2.72 bits per heavy atom. The van der Waals surface area contributed by atoms with Crippen LogP contribution in [0.3, 0.4) is 0 Å². The van der Waals surface area contributed by atoms with Crippen LogP contribution in [0, 0.1) is 18.6 Å². The maximum absolute atomic E-state index is 14.0. The second-order valence-electron chi connectivity index (χ2n) is 3.91. The van der Waals surface area contributed by atoms with Crippen molar-refractivity contribution in [3.63, 3.8) is 0 Å². The molecule has 6 heteroatoms. The van der Waals surface area contributed by atoms with Crippen LogP contribution in [0.25, 0.3) is 0 Å². The van der Waals surface area contributed by atoms with E-state index in [1.54, 1.807) is 25.3 Å². The topological polar surface area (TPSA) is 37.8 Å². The number of aromatic nitrogens is 2. The summed E-state index contributed by atoms with van der Waals surface area (Å²) in [4.78, 5) is 0.763. The number of rotatable bonds is 4. The van der Waals surface area contributed by atoms with E-state index in [0.717, 1.165) is 4.88 Å². The van der Waals surface area contributed by atoms with Gasteiger partial charge in [-0.2, -0.15) is 0 Å². The third-order valence-electron chi connectivity index (χ3n) is 2.69. The summed E-state index contributed by atoms with van der Waals surface area (Å²) in [6.45, 7) is 4.08. The zero-order valence-corrected chi connectivity index (χ0v) is 10.9. The Labute approximate surface area is 108 Å². The molecular weight excluding hydrogens is 256 g/mol. The zero-order valence-electron chi connectivity index (χ0n) is 10.1. The molecule has 0 spiro atoms. The van der Waals surface area contributed by atoms with Crippen LogP contribution < -0.4 is 5.32 Å². The summed E-state index contributed by atoms with van der Waals surface area (Å²) in [5.41, 5.74) is 0.583. The molecule has 1 heterocycles. The van der Waals surface area contributed by atoms with Gasteiger partial charge in [-0.25, -0.2) is 8.78 Å². The average Bonchev–Trinajstić information content (AvgIpc) is 2.88. The molecule has 18 heavy (non-hydrogen) atoms. The second kappa shape index (κ2) is 5.49. The molecule has 2 rings (SSSR count). The molecule has 1 aromatic carbocycles. The van der Waals surface area contributed by atoms with Crippen molar-refractivity contribution in [2.75, 3.05) is 6.54 Å². The smallest absolute Gasteiger partial charge is 0.164 e. The first kappa shape index (κ1) is 13.0. The van der Waals surface area contributed by atoms with Gasteiger partial charge in [-0.3, -0.25) is 0 Å². The molecule has 0 radical (unpaired) electrons. The summed E-state index contributed by atoms with van der Waals surface area (Å²) >= 11 is 1.17. The SMILES string of the molecule is CCNC(c1cnns1)c1ccc(C)c(F)c1F. The molecule has 1 N–H and O–H groups in total. The third kappa shape index (κ3) is 2.39. The first-order chi connectivity index (χ1) is 8.65. The standard InChI is InChI=1S/C12H13F2N3S/c1-3-15-12(9-6-16-17-18-9)8-5-4-7(2)10(13)11(8)14/h4-6,12,15H,3H2,1-2H3. The summed E-state index contributed by atoms with van der Waals surface area (Å²) in [6.07, 6.45) is 1.56. The lowest BCUT2D eigenvalue weighted by Gasteiger charge is -2.17. The fourth-order valence-corrected chi connectivity index (χ4v) is 2.35. The molecule has 1 atom stereocenters. The van der Waals surface area contributed by atoms with Crippen molar-refractivity contribution in [2.24, 2.45) is 0 Å². The van der Waals surface area contributed by atoms with Gasteiger partial charge in [0.15, 0.2) is 11.6 Å². The molecule has 3 nitrogen and oxygen atoms in total. The number of nitrogens with zero attached hydrogens (tertiary/aromatic N) is 2. The van der Waals surface area contributed by atoms with Crippen LogP contribution in [0.15, 0.2) is 18.3 Å². The highest BCUT2D eigenvalue weighted by Crippen LogP contribution is 2.28. The first-order valence-corrected chi connectivity index (χ1v) is 6.37. The van der Waals surface area contributed by atoms with E-state index in [4.69, 9.17) is 0 Å². The van der Waals surface area contributed by atoms with Crippen molar-refractivity contribution in [3.05, 3.63) is 46.0 Å². The van der Waals surface area contributed by atoms with Crippen LogP contribution in [0.2, 0.25) is 0 Å². The van der Waals surface area contributed by atoms with Gasteiger partial charge in [-0.15, -0.1) is 5.10 Å². The lowest BCUT2D eigenvalue weighted by Crippen LogP contribution is -2.22. The number of hydrogen-bond acceptors (Lipinski definition) is 4. The van der Waals surface area contributed by atoms with Crippen molar-refractivity contribution in [3.8, 4) is 0 Å². The minimum Gasteiger partial charge on any atom is -0.306 e. The van der Waals surface area contributed by atoms with Crippen LogP contribution in [-0.2, 0) is 0 Å². The predicted octanol–water partition coefficient (Wildman–Crippen LogP) is 2.82. The predicted molar refractivity (Wildman–Crippen MR) is 66.5 cm³/mol. The Hall–Kier alpha value is -1.40. The van der Waals surface area contributed by atoms with Gasteiger partial charge >= 0.3 is 0 Å². The highest BCUT2D eigenvalue weighted by molar-refractivity contribution is 7.05. The van der Waals surface area contributed by atoms with E-state index < -0.39 is 17.7 Å². The van der Waals surface area contributed by atoms with Gasteiger partial charge in [0, 0.05) is 5.56 Å². The van der Waals surface area contributed by atoms with Crippen molar-refractivity contribution in [2.45, 2.75) is 19.9 Å². The van der Waals surface area contributed by atoms with E-state index in [9.17, 15) is 8.78 Å². The average molecular weight is 269 g/mol. The molecule has 0 aliphatic heterocycles. The highest BCUT2D eigenvalue weighted by Gasteiger charge is 2.22. The van der Waals surface area contributed by atoms with E-state index in [-0.39, 0.29) is 5.56 Å². The lowest BCUT2D eigenvalue weighted by atomic mass is 10.0. The lowest BCUT2D eigenvalue weighted by molar-refractivity contribution is 0.479. The highest BCUT2D eigenvalue weighted by atomic mass is 32.1. The fraction of sp³-hybridized carbons (Fsp3) is 0.333. The summed E-state index contributed by atoms with van der Waals surface area (Å²) in [7, 11) is 0. The van der Waals surface area contributed by atoms with Gasteiger partial charge in [0.2, 0.25) is 0 Å². The second-order valence-corrected chi connectivity index (χ2v) is 4.73. The first-order valence-electron chi connectivity index (χ1n) is 5.60. The van der Waals surface area contributed by atoms with Gasteiger partial charge in [0.05, 0.1) is 17.1 Å². The Morgan fingerprint density at radius 2 is 2.11 bits per heavy atom. The molecule has 0 aliphatic carbocycles. The molecule has 0 amide bonds. The summed E-state index contributed by atoms with van der Waals surface area (Å²) in [6, 6.07) is 2.76. The van der Waals surface area contributed by atoms with E-state index >= 15 is 0 Å². The van der Waals surface area contributed by atoms with Gasteiger partial charge in [-0.05, 0) is 30.6 Å². The van der Waals surface area contributed by atoms with Gasteiger partial charge < -0.3 is 5.32 Å². The normalized spacial score (nSPS) is 12.7. The Kier molecular flexibility index (Phi) is 3.98. The molecular formula is C12H13F2N3S. The summed E-state index contributed by atoms with van der Waals surface area (Å²) in [5, 5.41) is 6.85. The van der Waals surface area contributed by atoms with Crippen molar-refractivity contribution in [1.82, 2.24) is 14.9 Å². The monoisotopic (exact) mass is 269 g/mol. The van der Waals surface area contributed by atoms with Gasteiger partial charge in [0.25, 0.3) is 0 Å². The number of nitrogens with one attached hydrogen (secondary N) is 1. The Balaban J connectivity index is 2.47. The van der Waals surface area contributed by atoms with Crippen LogP contribution in [-0.4, -0.2) is 16.1 Å². The number of aryl methyl sites for hydroxylation is 1. The van der Waals surface area contributed by atoms with Crippen molar-refractivity contribution < 1.29 is 8.78 Å². The molecule has 96 valence electrons. The zero-order chi connectivity index (χ0) is 13.1. The molecule has 2 aromatic rings. The number of benzene rings is 1. The molecule has 0 fully saturated rings. The summed E-state index contributed by atoms with van der Waals surface area (Å²) in [5.74, 6) is -1.61. The van der Waals surface area contributed by atoms with Gasteiger partial charge in [-0.1, -0.05) is 23.5 Å². The number of hydrogen-bond donors (Lipinski definition) is 1. The summed E-state index contributed by atoms with van der Waals surface area (Å²) < 4.78 is 31.3. The van der Waals surface area contributed by atoms with E-state index in [1.807, 2.05) is 6.92 Å². The van der Waals surface area contributed by atoms with Crippen molar-refractivity contribution in [1.29, 1.82) is 0 Å². The largest absolute Gasteiger partial charge is 0.306 e. The molecule has 0 saturated carbocycles. The van der Waals surface area contributed by atoms with Crippen LogP contribution in [0.1, 0.15) is 29.0 Å². The maximum Gasteiger partial charge on any atom is 0.164 e. The van der Waals surface area contributed by atoms with Gasteiger partial charge in [0.1, 0.15) is 0 Å². The molecule has 0 aliphatic rings. The third-order valence-corrected chi connectivity index (χ3v) is 3.42. The Bertz CT molecular complexity index is 528. The van der Waals surface area contributed by atoms with E-state index in [0.29, 0.717) is 12.1 Å².